The summed E-state index contributed by atoms with van der Waals surface area (Å²) in [6, 6.07) is 8.31. The number of carboxylic acids is 1. The molecule has 1 aliphatic carbocycles. The number of para-hydroxylation sites is 1. The van der Waals surface area contributed by atoms with Crippen LogP contribution in [0.2, 0.25) is 0 Å². The van der Waals surface area contributed by atoms with Gasteiger partial charge in [-0.25, -0.2) is 9.18 Å². The van der Waals surface area contributed by atoms with Crippen LogP contribution in [0.5, 0.6) is 0 Å². The monoisotopic (exact) mass is 551 g/mol. The van der Waals surface area contributed by atoms with E-state index in [1.165, 1.54) is 42.1 Å². The number of aromatic nitrogens is 1. The minimum Gasteiger partial charge on any atom is -0.479 e. The first-order valence-corrected chi connectivity index (χ1v) is 13.1. The molecule has 2 aromatic carbocycles. The average Bonchev–Trinajstić information content (AvgIpc) is 3.22. The number of thioether (sulfide) groups is 1. The summed E-state index contributed by atoms with van der Waals surface area (Å²) < 4.78 is 54.5. The maximum absolute atomic E-state index is 13.9. The lowest BCUT2D eigenvalue weighted by Gasteiger charge is -2.35. The zero-order chi connectivity index (χ0) is 27.7. The number of aryl methyl sites for hydroxylation is 1. The zero-order valence-corrected chi connectivity index (χ0v) is 21.1. The molecular weight excluding hydrogens is 526 g/mol. The van der Waals surface area contributed by atoms with Crippen LogP contribution in [0, 0.1) is 5.82 Å². The molecular formula is C26H25F4N3O4S. The quantitative estimate of drug-likeness (QED) is 0.318. The minimum absolute atomic E-state index is 0.0651. The molecule has 0 saturated carbocycles. The van der Waals surface area contributed by atoms with E-state index in [2.05, 4.69) is 15.6 Å². The van der Waals surface area contributed by atoms with Crippen LogP contribution in [0.25, 0.3) is 10.9 Å². The Morgan fingerprint density at radius 3 is 2.55 bits per heavy atom. The molecule has 4 N–H and O–H groups in total. The Morgan fingerprint density at radius 1 is 1.16 bits per heavy atom. The number of aromatic amines is 1. The lowest BCUT2D eigenvalue weighted by atomic mass is 9.79. The van der Waals surface area contributed by atoms with Crippen molar-refractivity contribution >= 4 is 40.4 Å². The highest BCUT2D eigenvalue weighted by atomic mass is 32.2. The Morgan fingerprint density at radius 2 is 1.89 bits per heavy atom. The number of nitrogens with one attached hydrogen (secondary N) is 3. The molecule has 0 saturated heterocycles. The third-order valence-corrected chi connectivity index (χ3v) is 7.35. The molecule has 0 spiro atoms. The molecule has 1 aromatic heterocycles. The van der Waals surface area contributed by atoms with Crippen LogP contribution in [0.1, 0.15) is 28.8 Å². The molecule has 0 radical (unpaired) electrons. The smallest absolute Gasteiger partial charge is 0.418 e. The number of hydrogen-bond acceptors (Lipinski definition) is 4. The van der Waals surface area contributed by atoms with Gasteiger partial charge in [0.05, 0.1) is 17.5 Å². The number of halogens is 4. The maximum Gasteiger partial charge on any atom is 0.418 e. The summed E-state index contributed by atoms with van der Waals surface area (Å²) in [4.78, 5) is 41.1. The largest absolute Gasteiger partial charge is 0.479 e. The van der Waals surface area contributed by atoms with Gasteiger partial charge >= 0.3 is 12.1 Å². The second kappa shape index (κ2) is 10.7. The summed E-state index contributed by atoms with van der Waals surface area (Å²) in [5, 5.41) is 15.5. The van der Waals surface area contributed by atoms with Crippen molar-refractivity contribution in [1.82, 2.24) is 15.6 Å². The van der Waals surface area contributed by atoms with Gasteiger partial charge in [0.15, 0.2) is 0 Å². The number of carbonyl (C=O) groups is 3. The van der Waals surface area contributed by atoms with Gasteiger partial charge in [-0.05, 0) is 42.4 Å². The molecule has 202 valence electrons. The molecule has 4 rings (SSSR count). The van der Waals surface area contributed by atoms with Crippen LogP contribution in [0.4, 0.5) is 17.6 Å². The Labute approximate surface area is 219 Å². The van der Waals surface area contributed by atoms with E-state index >= 15 is 0 Å². The third kappa shape index (κ3) is 5.50. The average molecular weight is 552 g/mol. The molecule has 3 aromatic rings. The lowest BCUT2D eigenvalue weighted by Crippen LogP contribution is -2.62. The number of rotatable bonds is 8. The lowest BCUT2D eigenvalue weighted by molar-refractivity contribution is -0.148. The number of alkyl halides is 3. The topological polar surface area (TPSA) is 111 Å². The van der Waals surface area contributed by atoms with E-state index in [1.54, 1.807) is 12.3 Å². The highest BCUT2D eigenvalue weighted by Gasteiger charge is 2.45. The number of carbonyl (C=O) groups excluding carboxylic acids is 2. The van der Waals surface area contributed by atoms with E-state index in [9.17, 15) is 37.1 Å². The van der Waals surface area contributed by atoms with Crippen molar-refractivity contribution < 1.29 is 37.1 Å². The molecule has 1 aliphatic rings. The van der Waals surface area contributed by atoms with Gasteiger partial charge in [-0.3, -0.25) is 9.59 Å². The molecule has 38 heavy (non-hydrogen) atoms. The summed E-state index contributed by atoms with van der Waals surface area (Å²) in [7, 11) is 0. The molecule has 0 aliphatic heterocycles. The molecule has 1 heterocycles. The zero-order valence-electron chi connectivity index (χ0n) is 20.2. The van der Waals surface area contributed by atoms with Gasteiger partial charge in [0.25, 0.3) is 0 Å². The molecule has 0 unspecified atom stereocenters. The van der Waals surface area contributed by atoms with Crippen LogP contribution in [-0.4, -0.2) is 51.5 Å². The van der Waals surface area contributed by atoms with Gasteiger partial charge in [0.2, 0.25) is 11.8 Å². The van der Waals surface area contributed by atoms with E-state index in [0.29, 0.717) is 11.3 Å². The normalized spacial score (nSPS) is 18.0. The van der Waals surface area contributed by atoms with E-state index in [0.717, 1.165) is 6.07 Å². The highest BCUT2D eigenvalue weighted by molar-refractivity contribution is 7.98. The van der Waals surface area contributed by atoms with Crippen molar-refractivity contribution in [2.45, 2.75) is 43.4 Å². The van der Waals surface area contributed by atoms with Crippen molar-refractivity contribution in [2.75, 3.05) is 12.0 Å². The van der Waals surface area contributed by atoms with Gasteiger partial charge in [0.1, 0.15) is 17.4 Å². The number of fused-ring (bicyclic) bond motifs is 3. The van der Waals surface area contributed by atoms with Crippen LogP contribution in [0.3, 0.4) is 0 Å². The first kappa shape index (κ1) is 27.5. The first-order valence-electron chi connectivity index (χ1n) is 11.7. The van der Waals surface area contributed by atoms with Gasteiger partial charge in [0, 0.05) is 23.3 Å². The van der Waals surface area contributed by atoms with Crippen LogP contribution in [-0.2, 0) is 39.8 Å². The highest BCUT2D eigenvalue weighted by Crippen LogP contribution is 2.40. The van der Waals surface area contributed by atoms with Crippen LogP contribution in [0.15, 0.2) is 42.5 Å². The molecule has 2 atom stereocenters. The van der Waals surface area contributed by atoms with E-state index < -0.39 is 46.9 Å². The minimum atomic E-state index is -4.60. The molecule has 7 nitrogen and oxygen atoms in total. The first-order chi connectivity index (χ1) is 17.9. The number of hydrogen-bond donors (Lipinski definition) is 4. The van der Waals surface area contributed by atoms with Crippen molar-refractivity contribution in [3.05, 3.63) is 70.7 Å². The van der Waals surface area contributed by atoms with Gasteiger partial charge in [-0.1, -0.05) is 30.3 Å². The van der Waals surface area contributed by atoms with Crippen molar-refractivity contribution in [2.24, 2.45) is 0 Å². The van der Waals surface area contributed by atoms with Gasteiger partial charge in [-0.15, -0.1) is 0 Å². The molecule has 12 heteroatoms. The second-order valence-electron chi connectivity index (χ2n) is 9.20. The number of aliphatic carboxylic acids is 1. The summed E-state index contributed by atoms with van der Waals surface area (Å²) in [5.41, 5.74) is -1.75. The third-order valence-electron chi connectivity index (χ3n) is 6.68. The molecule has 0 bridgehead atoms. The second-order valence-corrected chi connectivity index (χ2v) is 10.1. The maximum atomic E-state index is 13.9. The predicted molar refractivity (Wildman–Crippen MR) is 134 cm³/mol. The van der Waals surface area contributed by atoms with Crippen molar-refractivity contribution in [3.8, 4) is 0 Å². The predicted octanol–water partition coefficient (Wildman–Crippen LogP) is 3.84. The Balaban J connectivity index is 1.57. The van der Waals surface area contributed by atoms with Crippen LogP contribution >= 0.6 is 11.8 Å². The summed E-state index contributed by atoms with van der Waals surface area (Å²) in [6.07, 6.45) is -3.41. The molecule has 0 fully saturated rings. The van der Waals surface area contributed by atoms with E-state index in [4.69, 9.17) is 0 Å². The fraction of sp³-hybridized carbons (Fsp3) is 0.346. The van der Waals surface area contributed by atoms with Gasteiger partial charge in [-0.2, -0.15) is 24.9 Å². The Bertz CT molecular complexity index is 1390. The van der Waals surface area contributed by atoms with Crippen molar-refractivity contribution in [1.29, 1.82) is 0 Å². The summed E-state index contributed by atoms with van der Waals surface area (Å²) >= 11 is 1.25. The van der Waals surface area contributed by atoms with E-state index in [-0.39, 0.29) is 47.9 Å². The number of benzene rings is 2. The number of amides is 2. The Kier molecular flexibility index (Phi) is 7.73. The SMILES string of the molecule is CSC[C@H](NC(=O)Cc1ccccc1F)C(=O)N[C@]1(C(=O)O)CCc2[nH]c3c(C(F)(F)F)cccc3c2C1. The molecule has 2 amide bonds. The standard InChI is InChI=1S/C26H25F4N3O4S/c1-38-13-20(31-21(34)11-14-5-2-3-8-18(14)27)23(35)33-25(24(36)37)10-9-19-16(12-25)15-6-4-7-17(22(15)32-19)26(28,29)30/h2-8,20,32H,9-13H2,1H3,(H,31,34)(H,33,35)(H,36,37)/t20-,25+/m0/s1. The number of H-pyrrole nitrogens is 1. The summed E-state index contributed by atoms with van der Waals surface area (Å²) in [6.45, 7) is 0. The fourth-order valence-corrected chi connectivity index (χ4v) is 5.35. The number of carboxylic acid groups (broad SMARTS) is 1. The fourth-order valence-electron chi connectivity index (χ4n) is 4.78. The van der Waals surface area contributed by atoms with Crippen molar-refractivity contribution in [3.63, 3.8) is 0 Å². The van der Waals surface area contributed by atoms with Gasteiger partial charge < -0.3 is 20.7 Å². The Hall–Kier alpha value is -3.54. The van der Waals surface area contributed by atoms with E-state index in [1.807, 2.05) is 0 Å². The summed E-state index contributed by atoms with van der Waals surface area (Å²) in [5.74, 6) is -3.14. The van der Waals surface area contributed by atoms with Crippen LogP contribution < -0.4 is 10.6 Å².